The quantitative estimate of drug-likeness (QED) is 0.523. The molecular weight excluding hydrogens is 289 g/mol. The number of carbonyl (C=O) groups excluding carboxylic acids is 1. The van der Waals surface area contributed by atoms with Gasteiger partial charge in [0.2, 0.25) is 0 Å². The first kappa shape index (κ1) is 16.1. The Bertz CT molecular complexity index is 488. The normalized spacial score (nSPS) is 13.2. The molecule has 106 valence electrons. The van der Waals surface area contributed by atoms with Gasteiger partial charge in [-0.25, -0.2) is 4.39 Å². The summed E-state index contributed by atoms with van der Waals surface area (Å²) in [5.74, 6) is -0.921. The number of thioether (sulfide) groups is 1. The Morgan fingerprint density at radius 1 is 1.47 bits per heavy atom. The van der Waals surface area contributed by atoms with Gasteiger partial charge in [-0.1, -0.05) is 11.6 Å². The first-order chi connectivity index (χ1) is 8.60. The van der Waals surface area contributed by atoms with Crippen LogP contribution in [0.1, 0.15) is 27.7 Å². The lowest BCUT2D eigenvalue weighted by atomic mass is 10.2. The van der Waals surface area contributed by atoms with Crippen molar-refractivity contribution in [3.8, 4) is 0 Å². The molecule has 6 heteroatoms. The van der Waals surface area contributed by atoms with Crippen LogP contribution in [0.3, 0.4) is 0 Å². The van der Waals surface area contributed by atoms with Gasteiger partial charge in [0.25, 0.3) is 0 Å². The van der Waals surface area contributed by atoms with Crippen LogP contribution >= 0.6 is 23.4 Å². The van der Waals surface area contributed by atoms with Crippen LogP contribution in [0.15, 0.2) is 17.0 Å². The summed E-state index contributed by atoms with van der Waals surface area (Å²) in [6.45, 7) is 7.09. The molecule has 0 amide bonds. The molecule has 0 aromatic heterocycles. The van der Waals surface area contributed by atoms with Gasteiger partial charge in [-0.3, -0.25) is 4.79 Å². The van der Waals surface area contributed by atoms with Crippen LogP contribution in [0, 0.1) is 5.82 Å². The highest BCUT2D eigenvalue weighted by molar-refractivity contribution is 8.00. The van der Waals surface area contributed by atoms with Crippen molar-refractivity contribution in [3.05, 3.63) is 23.0 Å². The van der Waals surface area contributed by atoms with E-state index in [2.05, 4.69) is 0 Å². The van der Waals surface area contributed by atoms with Crippen LogP contribution in [0.2, 0.25) is 5.02 Å². The third-order valence-electron chi connectivity index (χ3n) is 2.09. The van der Waals surface area contributed by atoms with Crippen LogP contribution in [0.25, 0.3) is 0 Å². The number of halogens is 2. The van der Waals surface area contributed by atoms with Crippen molar-refractivity contribution in [2.45, 2.75) is 43.4 Å². The Morgan fingerprint density at radius 3 is 2.58 bits per heavy atom. The zero-order valence-corrected chi connectivity index (χ0v) is 12.9. The number of rotatable bonds is 3. The number of nitrogens with two attached hydrogens (primary N) is 1. The Hall–Kier alpha value is -0.940. The van der Waals surface area contributed by atoms with Gasteiger partial charge in [0, 0.05) is 4.90 Å². The zero-order valence-electron chi connectivity index (χ0n) is 11.3. The summed E-state index contributed by atoms with van der Waals surface area (Å²) in [4.78, 5) is 12.4. The molecule has 0 saturated heterocycles. The average Bonchev–Trinajstić information content (AvgIpc) is 2.23. The number of hydrogen-bond acceptors (Lipinski definition) is 4. The fourth-order valence-electron chi connectivity index (χ4n) is 1.26. The number of carbonyl (C=O) groups is 1. The summed E-state index contributed by atoms with van der Waals surface area (Å²) in [6.07, 6.45) is 0. The number of nitrogen functional groups attached to an aromatic ring is 1. The summed E-state index contributed by atoms with van der Waals surface area (Å²) < 4.78 is 18.4. The average molecular weight is 306 g/mol. The van der Waals surface area contributed by atoms with Gasteiger partial charge in [0.1, 0.15) is 16.7 Å². The summed E-state index contributed by atoms with van der Waals surface area (Å²) in [5.41, 5.74) is 4.94. The van der Waals surface area contributed by atoms with Gasteiger partial charge in [-0.05, 0) is 39.8 Å². The Balaban J connectivity index is 2.80. The monoisotopic (exact) mass is 305 g/mol. The third-order valence-corrected chi connectivity index (χ3v) is 3.66. The molecular formula is C13H17ClFNO2S. The van der Waals surface area contributed by atoms with E-state index >= 15 is 0 Å². The molecule has 0 radical (unpaired) electrons. The van der Waals surface area contributed by atoms with Crippen LogP contribution in [-0.4, -0.2) is 16.8 Å². The van der Waals surface area contributed by atoms with E-state index in [1.807, 2.05) is 0 Å². The van der Waals surface area contributed by atoms with Crippen molar-refractivity contribution in [1.29, 1.82) is 0 Å². The van der Waals surface area contributed by atoms with Crippen LogP contribution in [-0.2, 0) is 9.53 Å². The van der Waals surface area contributed by atoms with E-state index < -0.39 is 16.7 Å². The minimum atomic E-state index is -0.570. The molecule has 1 aromatic rings. The molecule has 0 aliphatic heterocycles. The molecule has 1 aromatic carbocycles. The van der Waals surface area contributed by atoms with E-state index in [1.165, 1.54) is 17.8 Å². The zero-order chi connectivity index (χ0) is 14.8. The lowest BCUT2D eigenvalue weighted by molar-refractivity contribution is -0.153. The van der Waals surface area contributed by atoms with Crippen molar-refractivity contribution in [3.63, 3.8) is 0 Å². The van der Waals surface area contributed by atoms with Crippen molar-refractivity contribution >= 4 is 35.0 Å². The Kier molecular flexibility index (Phi) is 5.10. The van der Waals surface area contributed by atoms with E-state index in [0.717, 1.165) is 6.07 Å². The second-order valence-electron chi connectivity index (χ2n) is 5.10. The Morgan fingerprint density at radius 2 is 2.05 bits per heavy atom. The lowest BCUT2D eigenvalue weighted by Gasteiger charge is -2.22. The molecule has 1 atom stereocenters. The molecule has 0 heterocycles. The molecule has 2 N–H and O–H groups in total. The standard InChI is InChI=1S/C13H17ClFNO2S/c1-7(12(17)18-13(2,3)4)19-11-6-10(16)9(15)5-8(11)14/h5-7H,16H2,1-4H3. The van der Waals surface area contributed by atoms with Crippen LogP contribution < -0.4 is 5.73 Å². The fourth-order valence-corrected chi connectivity index (χ4v) is 2.43. The van der Waals surface area contributed by atoms with Crippen molar-refractivity contribution in [2.75, 3.05) is 5.73 Å². The van der Waals surface area contributed by atoms with E-state index in [1.54, 1.807) is 27.7 Å². The summed E-state index contributed by atoms with van der Waals surface area (Å²) in [6, 6.07) is 2.56. The number of benzene rings is 1. The Labute approximate surface area is 121 Å². The highest BCUT2D eigenvalue weighted by Gasteiger charge is 2.23. The van der Waals surface area contributed by atoms with Crippen molar-refractivity contribution in [1.82, 2.24) is 0 Å². The number of ether oxygens (including phenoxy) is 1. The first-order valence-electron chi connectivity index (χ1n) is 5.74. The molecule has 0 spiro atoms. The molecule has 3 nitrogen and oxygen atoms in total. The molecule has 1 unspecified atom stereocenters. The molecule has 0 saturated carbocycles. The molecule has 0 fully saturated rings. The van der Waals surface area contributed by atoms with Gasteiger partial charge < -0.3 is 10.5 Å². The predicted molar refractivity (Wildman–Crippen MR) is 77.0 cm³/mol. The summed E-state index contributed by atoms with van der Waals surface area (Å²) in [5, 5.41) is -0.228. The number of hydrogen-bond donors (Lipinski definition) is 1. The van der Waals surface area contributed by atoms with Gasteiger partial charge in [-0.15, -0.1) is 11.8 Å². The van der Waals surface area contributed by atoms with E-state index in [4.69, 9.17) is 22.1 Å². The second kappa shape index (κ2) is 6.01. The van der Waals surface area contributed by atoms with Crippen LogP contribution in [0.4, 0.5) is 10.1 Å². The minimum Gasteiger partial charge on any atom is -0.459 e. The maximum atomic E-state index is 13.2. The van der Waals surface area contributed by atoms with E-state index in [0.29, 0.717) is 4.90 Å². The molecule has 1 rings (SSSR count). The smallest absolute Gasteiger partial charge is 0.319 e. The summed E-state index contributed by atoms with van der Waals surface area (Å²) in [7, 11) is 0. The van der Waals surface area contributed by atoms with Crippen LogP contribution in [0.5, 0.6) is 0 Å². The highest BCUT2D eigenvalue weighted by atomic mass is 35.5. The maximum absolute atomic E-state index is 13.2. The second-order valence-corrected chi connectivity index (χ2v) is 6.89. The molecule has 19 heavy (non-hydrogen) atoms. The van der Waals surface area contributed by atoms with Gasteiger partial charge >= 0.3 is 5.97 Å². The van der Waals surface area contributed by atoms with Crippen molar-refractivity contribution < 1.29 is 13.9 Å². The SMILES string of the molecule is CC(Sc1cc(N)c(F)cc1Cl)C(=O)OC(C)(C)C. The topological polar surface area (TPSA) is 52.3 Å². The molecule has 0 aliphatic rings. The van der Waals surface area contributed by atoms with E-state index in [9.17, 15) is 9.18 Å². The largest absolute Gasteiger partial charge is 0.459 e. The van der Waals surface area contributed by atoms with E-state index in [-0.39, 0.29) is 16.7 Å². The van der Waals surface area contributed by atoms with Gasteiger partial charge in [0.15, 0.2) is 0 Å². The number of esters is 1. The van der Waals surface area contributed by atoms with Crippen molar-refractivity contribution in [2.24, 2.45) is 0 Å². The third kappa shape index (κ3) is 4.91. The predicted octanol–water partition coefficient (Wildman–Crippen LogP) is 3.88. The lowest BCUT2D eigenvalue weighted by Crippen LogP contribution is -2.28. The molecule has 0 aliphatic carbocycles. The molecule has 0 bridgehead atoms. The first-order valence-corrected chi connectivity index (χ1v) is 7.00. The van der Waals surface area contributed by atoms with Gasteiger partial charge in [0.05, 0.1) is 10.7 Å². The fraction of sp³-hybridized carbons (Fsp3) is 0.462. The number of anilines is 1. The summed E-state index contributed by atoms with van der Waals surface area (Å²) >= 11 is 7.10. The van der Waals surface area contributed by atoms with Gasteiger partial charge in [-0.2, -0.15) is 0 Å². The minimum absolute atomic E-state index is 0.00305. The maximum Gasteiger partial charge on any atom is 0.319 e. The highest BCUT2D eigenvalue weighted by Crippen LogP contribution is 2.34.